The second-order valence-electron chi connectivity index (χ2n) is 6.38. The predicted molar refractivity (Wildman–Crippen MR) is 105 cm³/mol. The van der Waals surface area contributed by atoms with Crippen LogP contribution in [0.25, 0.3) is 0 Å². The minimum atomic E-state index is -0.520. The van der Waals surface area contributed by atoms with Crippen LogP contribution in [0.15, 0.2) is 40.8 Å². The van der Waals surface area contributed by atoms with Crippen molar-refractivity contribution in [2.75, 3.05) is 18.5 Å². The van der Waals surface area contributed by atoms with Crippen LogP contribution >= 0.6 is 22.6 Å². The maximum Gasteiger partial charge on any atom is 0.412 e. The summed E-state index contributed by atoms with van der Waals surface area (Å²) in [5.41, 5.74) is 0.140. The second kappa shape index (κ2) is 9.10. The predicted octanol–water partition coefficient (Wildman–Crippen LogP) is 4.40. The van der Waals surface area contributed by atoms with Crippen molar-refractivity contribution in [3.05, 3.63) is 45.9 Å². The first-order valence-corrected chi connectivity index (χ1v) is 9.07. The van der Waals surface area contributed by atoms with E-state index in [1.54, 1.807) is 12.1 Å². The van der Waals surface area contributed by atoms with Crippen LogP contribution in [0.3, 0.4) is 0 Å². The molecule has 0 radical (unpaired) electrons. The minimum Gasteiger partial charge on any atom is -0.492 e. The lowest BCUT2D eigenvalue weighted by molar-refractivity contribution is 0.0636. The van der Waals surface area contributed by atoms with Crippen molar-refractivity contribution in [1.29, 1.82) is 0 Å². The number of nitrogens with one attached hydrogen (secondary N) is 2. The molecule has 0 aliphatic carbocycles. The molecule has 2 aromatic rings. The molecule has 1 aromatic heterocycles. The van der Waals surface area contributed by atoms with Crippen molar-refractivity contribution in [2.45, 2.75) is 32.9 Å². The molecule has 0 aliphatic heterocycles. The molecule has 2 rings (SSSR count). The molecule has 25 heavy (non-hydrogen) atoms. The monoisotopic (exact) mass is 458 g/mol. The lowest BCUT2D eigenvalue weighted by Crippen LogP contribution is -2.27. The number of carbonyl (C=O) groups is 1. The van der Waals surface area contributed by atoms with Gasteiger partial charge < -0.3 is 19.2 Å². The lowest BCUT2D eigenvalue weighted by Gasteiger charge is -2.19. The van der Waals surface area contributed by atoms with E-state index in [4.69, 9.17) is 13.9 Å². The van der Waals surface area contributed by atoms with Crippen molar-refractivity contribution >= 4 is 34.4 Å². The van der Waals surface area contributed by atoms with Crippen LogP contribution in [0, 0.1) is 3.77 Å². The highest BCUT2D eigenvalue weighted by Gasteiger charge is 2.16. The summed E-state index contributed by atoms with van der Waals surface area (Å²) >= 11 is 2.14. The van der Waals surface area contributed by atoms with E-state index in [1.165, 1.54) is 0 Å². The third-order valence-electron chi connectivity index (χ3n) is 2.98. The van der Waals surface area contributed by atoms with Gasteiger partial charge in [-0.2, -0.15) is 0 Å². The van der Waals surface area contributed by atoms with E-state index < -0.39 is 11.7 Å². The Labute approximate surface area is 161 Å². The molecule has 7 heteroatoms. The van der Waals surface area contributed by atoms with Gasteiger partial charge in [0, 0.05) is 12.2 Å². The Morgan fingerprint density at radius 3 is 2.48 bits per heavy atom. The SMILES string of the molecule is CC(C)(C)OC(=O)Nc1ccc(OCCNCc2ccc(I)o2)cc1. The van der Waals surface area contributed by atoms with Crippen LogP contribution in [0.2, 0.25) is 0 Å². The summed E-state index contributed by atoms with van der Waals surface area (Å²) < 4.78 is 17.2. The van der Waals surface area contributed by atoms with Crippen molar-refractivity contribution in [3.8, 4) is 5.75 Å². The topological polar surface area (TPSA) is 72.7 Å². The molecule has 0 unspecified atom stereocenters. The Morgan fingerprint density at radius 2 is 1.88 bits per heavy atom. The fourth-order valence-electron chi connectivity index (χ4n) is 1.96. The number of carbonyl (C=O) groups excluding carboxylic acids is 1. The zero-order valence-electron chi connectivity index (χ0n) is 14.6. The number of rotatable bonds is 7. The van der Waals surface area contributed by atoms with E-state index in [0.717, 1.165) is 15.3 Å². The van der Waals surface area contributed by atoms with Gasteiger partial charge in [0.15, 0.2) is 3.77 Å². The summed E-state index contributed by atoms with van der Waals surface area (Å²) in [6, 6.07) is 11.0. The summed E-state index contributed by atoms with van der Waals surface area (Å²) in [4.78, 5) is 11.7. The van der Waals surface area contributed by atoms with E-state index in [0.29, 0.717) is 25.4 Å². The molecule has 6 nitrogen and oxygen atoms in total. The molecule has 136 valence electrons. The standard InChI is InChI=1S/C18H23IN2O4/c1-18(2,3)25-17(22)21-13-4-6-14(7-5-13)23-11-10-20-12-15-8-9-16(19)24-15/h4-9,20H,10-12H2,1-3H3,(H,21,22). The molecule has 0 bridgehead atoms. The van der Waals surface area contributed by atoms with Gasteiger partial charge >= 0.3 is 6.09 Å². The van der Waals surface area contributed by atoms with Gasteiger partial charge in [-0.25, -0.2) is 4.79 Å². The zero-order chi connectivity index (χ0) is 18.3. The van der Waals surface area contributed by atoms with Crippen molar-refractivity contribution in [1.82, 2.24) is 5.32 Å². The van der Waals surface area contributed by atoms with Gasteiger partial charge in [-0.3, -0.25) is 5.32 Å². The molecule has 0 atom stereocenters. The van der Waals surface area contributed by atoms with E-state index in [9.17, 15) is 4.79 Å². The van der Waals surface area contributed by atoms with Gasteiger partial charge in [-0.15, -0.1) is 0 Å². The van der Waals surface area contributed by atoms with Gasteiger partial charge in [0.25, 0.3) is 0 Å². The van der Waals surface area contributed by atoms with Gasteiger partial charge in [0.05, 0.1) is 6.54 Å². The third kappa shape index (κ3) is 7.78. The molecule has 0 aliphatic rings. The number of anilines is 1. The second-order valence-corrected chi connectivity index (χ2v) is 7.45. The van der Waals surface area contributed by atoms with E-state index >= 15 is 0 Å². The Bertz CT molecular complexity index is 677. The number of halogens is 1. The van der Waals surface area contributed by atoms with Crippen molar-refractivity contribution in [3.63, 3.8) is 0 Å². The number of hydrogen-bond acceptors (Lipinski definition) is 5. The summed E-state index contributed by atoms with van der Waals surface area (Å²) in [6.45, 7) is 7.38. The number of ether oxygens (including phenoxy) is 2. The van der Waals surface area contributed by atoms with Crippen LogP contribution < -0.4 is 15.4 Å². The van der Waals surface area contributed by atoms with Crippen LogP contribution in [-0.2, 0) is 11.3 Å². The smallest absolute Gasteiger partial charge is 0.412 e. The molecule has 0 saturated carbocycles. The minimum absolute atomic E-state index is 0.474. The van der Waals surface area contributed by atoms with Crippen molar-refractivity contribution in [2.24, 2.45) is 0 Å². The zero-order valence-corrected chi connectivity index (χ0v) is 16.8. The van der Waals surface area contributed by atoms with Crippen LogP contribution in [0.4, 0.5) is 10.5 Å². The van der Waals surface area contributed by atoms with E-state index in [-0.39, 0.29) is 0 Å². The maximum absolute atomic E-state index is 11.7. The number of amides is 1. The first kappa shape index (κ1) is 19.6. The Balaban J connectivity index is 1.67. The van der Waals surface area contributed by atoms with Gasteiger partial charge in [0.2, 0.25) is 0 Å². The van der Waals surface area contributed by atoms with Gasteiger partial charge in [0.1, 0.15) is 23.7 Å². The highest BCUT2D eigenvalue weighted by Crippen LogP contribution is 2.17. The quantitative estimate of drug-likeness (QED) is 0.476. The van der Waals surface area contributed by atoms with Gasteiger partial charge in [-0.1, -0.05) is 0 Å². The van der Waals surface area contributed by atoms with Crippen LogP contribution in [0.5, 0.6) is 5.75 Å². The molecule has 0 saturated heterocycles. The number of furan rings is 1. The van der Waals surface area contributed by atoms with Crippen LogP contribution in [0.1, 0.15) is 26.5 Å². The first-order chi connectivity index (χ1) is 11.8. The van der Waals surface area contributed by atoms with E-state index in [2.05, 4.69) is 33.2 Å². The summed E-state index contributed by atoms with van der Waals surface area (Å²) in [5, 5.41) is 5.93. The Kier molecular flexibility index (Phi) is 7.12. The largest absolute Gasteiger partial charge is 0.492 e. The third-order valence-corrected chi connectivity index (χ3v) is 3.56. The number of hydrogen-bond donors (Lipinski definition) is 2. The maximum atomic E-state index is 11.7. The molecular weight excluding hydrogens is 435 g/mol. The highest BCUT2D eigenvalue weighted by molar-refractivity contribution is 14.1. The Hall–Kier alpha value is -1.74. The lowest BCUT2D eigenvalue weighted by atomic mass is 10.2. The Morgan fingerprint density at radius 1 is 1.16 bits per heavy atom. The average Bonchev–Trinajstić information content (AvgIpc) is 2.92. The molecule has 1 amide bonds. The normalized spacial score (nSPS) is 11.2. The molecule has 0 fully saturated rings. The molecule has 1 aromatic carbocycles. The molecule has 0 spiro atoms. The van der Waals surface area contributed by atoms with Crippen molar-refractivity contribution < 1.29 is 18.7 Å². The molecular formula is C18H23IN2O4. The van der Waals surface area contributed by atoms with E-state index in [1.807, 2.05) is 45.0 Å². The molecule has 1 heterocycles. The average molecular weight is 458 g/mol. The van der Waals surface area contributed by atoms with Gasteiger partial charge in [-0.05, 0) is 79.8 Å². The summed E-state index contributed by atoms with van der Waals surface area (Å²) in [5.74, 6) is 1.64. The summed E-state index contributed by atoms with van der Waals surface area (Å²) in [7, 11) is 0. The fourth-order valence-corrected chi connectivity index (χ4v) is 2.42. The molecule has 2 N–H and O–H groups in total. The summed E-state index contributed by atoms with van der Waals surface area (Å²) in [6.07, 6.45) is -0.474. The highest BCUT2D eigenvalue weighted by atomic mass is 127. The number of benzene rings is 1. The first-order valence-electron chi connectivity index (χ1n) is 8.00. The fraction of sp³-hybridized carbons (Fsp3) is 0.389. The van der Waals surface area contributed by atoms with Crippen LogP contribution in [-0.4, -0.2) is 24.8 Å².